The number of hydrogen-bond donors (Lipinski definition) is 0. The van der Waals surface area contributed by atoms with Crippen LogP contribution >= 0.6 is 0 Å². The summed E-state index contributed by atoms with van der Waals surface area (Å²) in [5, 5.41) is 0. The largest absolute Gasteiger partial charge is 0.489 e. The minimum absolute atomic E-state index is 0.505. The zero-order chi connectivity index (χ0) is 20.2. The second-order valence-corrected chi connectivity index (χ2v) is 7.17. The Morgan fingerprint density at radius 1 is 0.467 bits per heavy atom. The van der Waals surface area contributed by atoms with E-state index in [1.807, 2.05) is 36.4 Å². The zero-order valence-electron chi connectivity index (χ0n) is 16.6. The van der Waals surface area contributed by atoms with Crippen molar-refractivity contribution in [1.82, 2.24) is 0 Å². The SMILES string of the molecule is c1ccc(C(=C2c3ccccc3OCCOc3ccccc32)c2ccccc2)cc1. The highest BCUT2D eigenvalue weighted by atomic mass is 16.5. The van der Waals surface area contributed by atoms with E-state index in [-0.39, 0.29) is 0 Å². The molecule has 1 aliphatic heterocycles. The second-order valence-electron chi connectivity index (χ2n) is 7.17. The van der Waals surface area contributed by atoms with Crippen molar-refractivity contribution >= 4 is 11.1 Å². The topological polar surface area (TPSA) is 18.5 Å². The van der Waals surface area contributed by atoms with Crippen LogP contribution in [0.1, 0.15) is 22.3 Å². The molecular weight excluding hydrogens is 368 g/mol. The summed E-state index contributed by atoms with van der Waals surface area (Å²) >= 11 is 0. The fourth-order valence-corrected chi connectivity index (χ4v) is 3.98. The molecule has 0 aromatic heterocycles. The summed E-state index contributed by atoms with van der Waals surface area (Å²) in [5.41, 5.74) is 6.71. The van der Waals surface area contributed by atoms with Gasteiger partial charge in [0, 0.05) is 16.7 Å². The number of hydrogen-bond acceptors (Lipinski definition) is 2. The Morgan fingerprint density at radius 3 is 1.33 bits per heavy atom. The predicted molar refractivity (Wildman–Crippen MR) is 122 cm³/mol. The Bertz CT molecular complexity index is 1080. The maximum Gasteiger partial charge on any atom is 0.127 e. The Labute approximate surface area is 177 Å². The van der Waals surface area contributed by atoms with Crippen LogP contribution in [0.25, 0.3) is 11.1 Å². The first-order valence-electron chi connectivity index (χ1n) is 10.2. The molecule has 5 rings (SSSR count). The highest BCUT2D eigenvalue weighted by Crippen LogP contribution is 2.43. The number of rotatable bonds is 2. The molecule has 0 aliphatic carbocycles. The molecule has 0 atom stereocenters. The first-order chi connectivity index (χ1) is 14.9. The number of para-hydroxylation sites is 2. The minimum Gasteiger partial charge on any atom is -0.489 e. The lowest BCUT2D eigenvalue weighted by atomic mass is 9.85. The van der Waals surface area contributed by atoms with Gasteiger partial charge in [-0.3, -0.25) is 0 Å². The Morgan fingerprint density at radius 2 is 0.867 bits per heavy atom. The van der Waals surface area contributed by atoms with Gasteiger partial charge in [0.25, 0.3) is 0 Å². The van der Waals surface area contributed by atoms with Gasteiger partial charge < -0.3 is 9.47 Å². The fourth-order valence-electron chi connectivity index (χ4n) is 3.98. The fraction of sp³-hybridized carbons (Fsp3) is 0.0714. The minimum atomic E-state index is 0.505. The molecular formula is C28H22O2. The van der Waals surface area contributed by atoms with Gasteiger partial charge in [0.2, 0.25) is 0 Å². The summed E-state index contributed by atoms with van der Waals surface area (Å²) in [6.45, 7) is 1.01. The quantitative estimate of drug-likeness (QED) is 0.391. The number of benzene rings is 4. The van der Waals surface area contributed by atoms with Crippen LogP contribution in [-0.4, -0.2) is 13.2 Å². The van der Waals surface area contributed by atoms with Gasteiger partial charge in [0.15, 0.2) is 0 Å². The van der Waals surface area contributed by atoms with Gasteiger partial charge in [-0.25, -0.2) is 0 Å². The lowest BCUT2D eigenvalue weighted by Gasteiger charge is -2.20. The summed E-state index contributed by atoms with van der Waals surface area (Å²) in [6.07, 6.45) is 0. The van der Waals surface area contributed by atoms with Crippen LogP contribution < -0.4 is 9.47 Å². The molecule has 0 radical (unpaired) electrons. The van der Waals surface area contributed by atoms with Gasteiger partial charge in [-0.15, -0.1) is 0 Å². The first-order valence-corrected chi connectivity index (χ1v) is 10.2. The van der Waals surface area contributed by atoms with Crippen LogP contribution in [-0.2, 0) is 0 Å². The summed E-state index contributed by atoms with van der Waals surface area (Å²) in [4.78, 5) is 0. The summed E-state index contributed by atoms with van der Waals surface area (Å²) in [7, 11) is 0. The van der Waals surface area contributed by atoms with Crippen molar-refractivity contribution in [2.24, 2.45) is 0 Å². The smallest absolute Gasteiger partial charge is 0.127 e. The van der Waals surface area contributed by atoms with E-state index in [4.69, 9.17) is 9.47 Å². The molecule has 0 amide bonds. The van der Waals surface area contributed by atoms with Crippen LogP contribution in [0, 0.1) is 0 Å². The molecule has 30 heavy (non-hydrogen) atoms. The van der Waals surface area contributed by atoms with Gasteiger partial charge in [0.05, 0.1) is 0 Å². The Kier molecular flexibility index (Phi) is 5.05. The van der Waals surface area contributed by atoms with Crippen LogP contribution in [0.3, 0.4) is 0 Å². The zero-order valence-corrected chi connectivity index (χ0v) is 16.6. The highest BCUT2D eigenvalue weighted by molar-refractivity contribution is 6.06. The van der Waals surface area contributed by atoms with Crippen molar-refractivity contribution in [3.05, 3.63) is 131 Å². The van der Waals surface area contributed by atoms with Crippen LogP contribution in [0.15, 0.2) is 109 Å². The van der Waals surface area contributed by atoms with E-state index in [1.54, 1.807) is 0 Å². The highest BCUT2D eigenvalue weighted by Gasteiger charge is 2.22. The lowest BCUT2D eigenvalue weighted by Crippen LogP contribution is -2.08. The second kappa shape index (κ2) is 8.30. The maximum absolute atomic E-state index is 6.13. The molecule has 146 valence electrons. The monoisotopic (exact) mass is 390 g/mol. The van der Waals surface area contributed by atoms with Crippen LogP contribution in [0.5, 0.6) is 11.5 Å². The molecule has 2 nitrogen and oxygen atoms in total. The molecule has 2 heteroatoms. The molecule has 4 aromatic rings. The molecule has 0 bridgehead atoms. The normalized spacial score (nSPS) is 12.9. The van der Waals surface area contributed by atoms with Crippen molar-refractivity contribution in [1.29, 1.82) is 0 Å². The van der Waals surface area contributed by atoms with Gasteiger partial charge >= 0.3 is 0 Å². The average molecular weight is 390 g/mol. The van der Waals surface area contributed by atoms with Gasteiger partial charge in [-0.05, 0) is 28.8 Å². The molecule has 0 unspecified atom stereocenters. The van der Waals surface area contributed by atoms with Gasteiger partial charge in [0.1, 0.15) is 24.7 Å². The van der Waals surface area contributed by atoms with E-state index >= 15 is 0 Å². The van der Waals surface area contributed by atoms with E-state index in [1.165, 1.54) is 0 Å². The van der Waals surface area contributed by atoms with E-state index in [9.17, 15) is 0 Å². The Balaban J connectivity index is 1.93. The summed E-state index contributed by atoms with van der Waals surface area (Å²) in [6, 6.07) is 37.6. The molecule has 4 aromatic carbocycles. The molecule has 1 heterocycles. The summed E-state index contributed by atoms with van der Waals surface area (Å²) in [5.74, 6) is 1.74. The Hall–Kier alpha value is -3.78. The number of ether oxygens (including phenoxy) is 2. The van der Waals surface area contributed by atoms with E-state index in [0.717, 1.165) is 44.9 Å². The van der Waals surface area contributed by atoms with Crippen LogP contribution in [0.4, 0.5) is 0 Å². The third kappa shape index (κ3) is 3.48. The molecule has 0 N–H and O–H groups in total. The first kappa shape index (κ1) is 18.3. The van der Waals surface area contributed by atoms with E-state index in [0.29, 0.717) is 13.2 Å². The van der Waals surface area contributed by atoms with Crippen molar-refractivity contribution < 1.29 is 9.47 Å². The van der Waals surface area contributed by atoms with Crippen molar-refractivity contribution in [3.63, 3.8) is 0 Å². The summed E-state index contributed by atoms with van der Waals surface area (Å²) < 4.78 is 12.3. The van der Waals surface area contributed by atoms with Crippen molar-refractivity contribution in [3.8, 4) is 11.5 Å². The van der Waals surface area contributed by atoms with Crippen LogP contribution in [0.2, 0.25) is 0 Å². The molecule has 0 fully saturated rings. The standard InChI is InChI=1S/C28H22O2/c1-3-11-21(12-4-1)27(22-13-5-2-6-14-22)28-23-15-7-9-17-25(23)29-19-20-30-26-18-10-8-16-24(26)28/h1-18H,19-20H2. The van der Waals surface area contributed by atoms with E-state index in [2.05, 4.69) is 72.8 Å². The van der Waals surface area contributed by atoms with Crippen molar-refractivity contribution in [2.75, 3.05) is 13.2 Å². The third-order valence-electron chi connectivity index (χ3n) is 5.29. The molecule has 0 saturated heterocycles. The maximum atomic E-state index is 6.13. The molecule has 0 saturated carbocycles. The lowest BCUT2D eigenvalue weighted by molar-refractivity contribution is 0.218. The van der Waals surface area contributed by atoms with Gasteiger partial charge in [-0.1, -0.05) is 97.1 Å². The number of fused-ring (bicyclic) bond motifs is 2. The van der Waals surface area contributed by atoms with Crippen molar-refractivity contribution in [2.45, 2.75) is 0 Å². The molecule has 0 spiro atoms. The van der Waals surface area contributed by atoms with Gasteiger partial charge in [-0.2, -0.15) is 0 Å². The third-order valence-corrected chi connectivity index (χ3v) is 5.29. The predicted octanol–water partition coefficient (Wildman–Crippen LogP) is 6.47. The van der Waals surface area contributed by atoms with E-state index < -0.39 is 0 Å². The average Bonchev–Trinajstić information content (AvgIpc) is 2.89. The molecule has 1 aliphatic rings.